The smallest absolute Gasteiger partial charge is 0.335 e. The zero-order chi connectivity index (χ0) is 26.0. The van der Waals surface area contributed by atoms with E-state index in [1.165, 1.54) is 6.42 Å². The maximum absolute atomic E-state index is 12.4. The maximum Gasteiger partial charge on any atom is 0.335 e. The number of carbonyl (C=O) groups is 2. The van der Waals surface area contributed by atoms with Crippen molar-refractivity contribution in [3.63, 3.8) is 0 Å². The van der Waals surface area contributed by atoms with Crippen molar-refractivity contribution in [1.29, 1.82) is 5.26 Å². The third-order valence-corrected chi connectivity index (χ3v) is 7.87. The molecule has 4 aliphatic carbocycles. The number of aliphatic hydroxyl groups excluding tert-OH is 5. The molecule has 1 heterocycles. The van der Waals surface area contributed by atoms with Crippen LogP contribution in [0.15, 0.2) is 0 Å². The summed E-state index contributed by atoms with van der Waals surface area (Å²) in [7, 11) is 0. The number of nitrogens with zero attached hydrogens (tertiary/aromatic N) is 2. The lowest BCUT2D eigenvalue weighted by atomic mass is 9.51. The highest BCUT2D eigenvalue weighted by atomic mass is 16.4. The van der Waals surface area contributed by atoms with Crippen molar-refractivity contribution in [3.8, 4) is 6.07 Å². The maximum atomic E-state index is 12.4. The number of carbonyl (C=O) groups excluding carboxylic acids is 1. The van der Waals surface area contributed by atoms with Crippen LogP contribution in [0.5, 0.6) is 0 Å². The van der Waals surface area contributed by atoms with Crippen molar-refractivity contribution in [2.24, 2.45) is 11.8 Å². The molecule has 7 atom stereocenters. The first-order chi connectivity index (χ1) is 16.4. The van der Waals surface area contributed by atoms with Gasteiger partial charge in [-0.15, -0.1) is 0 Å². The topological polar surface area (TPSA) is 215 Å². The molecule has 198 valence electrons. The second-order valence-corrected chi connectivity index (χ2v) is 10.7. The highest BCUT2D eigenvalue weighted by Crippen LogP contribution is 2.57. The molecule has 0 aromatic heterocycles. The fourth-order valence-corrected chi connectivity index (χ4v) is 6.65. The minimum Gasteiger partial charge on any atom is -0.479 e. The quantitative estimate of drug-likeness (QED) is 0.177. The number of rotatable bonds is 8. The van der Waals surface area contributed by atoms with Gasteiger partial charge in [0.15, 0.2) is 6.10 Å². The lowest BCUT2D eigenvalue weighted by Crippen LogP contribution is -2.65. The Morgan fingerprint density at radius 1 is 1.09 bits per heavy atom. The van der Waals surface area contributed by atoms with E-state index >= 15 is 0 Å². The molecule has 0 spiro atoms. The molecule has 0 aromatic carbocycles. The first-order valence-corrected chi connectivity index (χ1v) is 12.1. The molecule has 12 nitrogen and oxygen atoms in total. The van der Waals surface area contributed by atoms with Crippen LogP contribution in [0.2, 0.25) is 0 Å². The van der Waals surface area contributed by atoms with Crippen molar-refractivity contribution in [3.05, 3.63) is 0 Å². The molecule has 6 unspecified atom stereocenters. The summed E-state index contributed by atoms with van der Waals surface area (Å²) in [5.41, 5.74) is -0.542. The van der Waals surface area contributed by atoms with Crippen LogP contribution in [-0.2, 0) is 9.59 Å². The number of hydrogen-bond donors (Lipinski definition) is 8. The number of nitrogens with one attached hydrogen (secondary N) is 1. The molecule has 8 N–H and O–H groups in total. The standard InChI is InChI=1S/C17H25N3O2.C6H12O7/c18-9-14-2-1-3-20(14)15(21)10-19-16-5-12-4-13(6-16)8-17(22,7-12)11-16;7-1-2(8)3(9)4(10)5(11)6(12)13/h12-14,19,22H,1-8,10-11H2;2-5,7-11H,1H2,(H,12,13)/t12?,13?,14-,16?,17?;/m0./s1. The van der Waals surface area contributed by atoms with Crippen molar-refractivity contribution in [1.82, 2.24) is 10.2 Å². The van der Waals surface area contributed by atoms with Crippen molar-refractivity contribution < 1.29 is 45.3 Å². The monoisotopic (exact) mass is 499 g/mol. The molecule has 1 aliphatic heterocycles. The molecule has 4 bridgehead atoms. The lowest BCUT2D eigenvalue weighted by Gasteiger charge is -2.60. The van der Waals surface area contributed by atoms with Crippen LogP contribution in [0.4, 0.5) is 0 Å². The van der Waals surface area contributed by atoms with Crippen LogP contribution in [0.3, 0.4) is 0 Å². The van der Waals surface area contributed by atoms with E-state index in [1.54, 1.807) is 4.90 Å². The number of nitriles is 1. The van der Waals surface area contributed by atoms with E-state index in [4.69, 9.17) is 35.9 Å². The third-order valence-electron chi connectivity index (χ3n) is 7.87. The zero-order valence-corrected chi connectivity index (χ0v) is 19.7. The Morgan fingerprint density at radius 3 is 2.23 bits per heavy atom. The Morgan fingerprint density at radius 2 is 1.71 bits per heavy atom. The van der Waals surface area contributed by atoms with Gasteiger partial charge in [-0.2, -0.15) is 5.26 Å². The van der Waals surface area contributed by atoms with E-state index in [9.17, 15) is 14.7 Å². The van der Waals surface area contributed by atoms with Gasteiger partial charge in [-0.3, -0.25) is 4.79 Å². The van der Waals surface area contributed by atoms with Crippen molar-refractivity contribution >= 4 is 11.9 Å². The lowest BCUT2D eigenvalue weighted by molar-refractivity contribution is -0.164. The van der Waals surface area contributed by atoms with Crippen LogP contribution in [0.1, 0.15) is 51.4 Å². The Bertz CT molecular complexity index is 805. The van der Waals surface area contributed by atoms with E-state index in [1.807, 2.05) is 0 Å². The van der Waals surface area contributed by atoms with Crippen LogP contribution in [0.25, 0.3) is 0 Å². The second kappa shape index (κ2) is 11.0. The highest BCUT2D eigenvalue weighted by molar-refractivity contribution is 5.79. The molecule has 0 radical (unpaired) electrons. The van der Waals surface area contributed by atoms with Gasteiger partial charge in [-0.05, 0) is 63.2 Å². The van der Waals surface area contributed by atoms with Crippen LogP contribution in [-0.4, -0.2) is 114 Å². The minimum atomic E-state index is -2.20. The van der Waals surface area contributed by atoms with E-state index < -0.39 is 42.6 Å². The number of carboxylic acid groups (broad SMARTS) is 1. The van der Waals surface area contributed by atoms with Gasteiger partial charge in [0.2, 0.25) is 5.91 Å². The zero-order valence-electron chi connectivity index (χ0n) is 19.7. The molecule has 1 saturated heterocycles. The molecular weight excluding hydrogens is 462 g/mol. The van der Waals surface area contributed by atoms with E-state index in [0.29, 0.717) is 24.9 Å². The van der Waals surface area contributed by atoms with Gasteiger partial charge in [0.1, 0.15) is 24.4 Å². The number of amides is 1. The molecule has 4 saturated carbocycles. The minimum absolute atomic E-state index is 0.0453. The molecule has 5 aliphatic rings. The van der Waals surface area contributed by atoms with E-state index in [2.05, 4.69) is 11.4 Å². The van der Waals surface area contributed by atoms with Gasteiger partial charge in [0, 0.05) is 12.1 Å². The molecule has 35 heavy (non-hydrogen) atoms. The van der Waals surface area contributed by atoms with Crippen LogP contribution >= 0.6 is 0 Å². The van der Waals surface area contributed by atoms with Gasteiger partial charge in [0.25, 0.3) is 0 Å². The second-order valence-electron chi connectivity index (χ2n) is 10.7. The van der Waals surface area contributed by atoms with Gasteiger partial charge in [-0.25, -0.2) is 4.79 Å². The van der Waals surface area contributed by atoms with Crippen molar-refractivity contribution in [2.45, 2.75) is 93.0 Å². The molecule has 1 amide bonds. The normalized spacial score (nSPS) is 36.5. The van der Waals surface area contributed by atoms with Gasteiger partial charge in [0.05, 0.1) is 24.8 Å². The molecular formula is C23H37N3O9. The van der Waals surface area contributed by atoms with Gasteiger partial charge in [-0.1, -0.05) is 0 Å². The Kier molecular flexibility index (Phi) is 8.75. The van der Waals surface area contributed by atoms with Gasteiger partial charge >= 0.3 is 5.97 Å². The molecule has 5 fully saturated rings. The predicted molar refractivity (Wildman–Crippen MR) is 119 cm³/mol. The number of aliphatic carboxylic acids is 1. The van der Waals surface area contributed by atoms with Crippen LogP contribution in [0, 0.1) is 23.2 Å². The average Bonchev–Trinajstić information content (AvgIpc) is 3.28. The largest absolute Gasteiger partial charge is 0.479 e. The third kappa shape index (κ3) is 6.29. The summed E-state index contributed by atoms with van der Waals surface area (Å²) in [5, 5.41) is 75.2. The number of likely N-dealkylation sites (tertiary alicyclic amines) is 1. The number of hydrogen-bond acceptors (Lipinski definition) is 10. The summed E-state index contributed by atoms with van der Waals surface area (Å²) in [6.45, 7) is 0.180. The fourth-order valence-electron chi connectivity index (χ4n) is 6.65. The van der Waals surface area contributed by atoms with Gasteiger partial charge < -0.3 is 46.0 Å². The average molecular weight is 500 g/mol. The highest BCUT2D eigenvalue weighted by Gasteiger charge is 2.57. The number of aliphatic hydroxyl groups is 6. The summed E-state index contributed by atoms with van der Waals surface area (Å²) < 4.78 is 0. The summed E-state index contributed by atoms with van der Waals surface area (Å²) >= 11 is 0. The van der Waals surface area contributed by atoms with E-state index in [-0.39, 0.29) is 17.5 Å². The fraction of sp³-hybridized carbons (Fsp3) is 0.870. The molecule has 5 rings (SSSR count). The predicted octanol–water partition coefficient (Wildman–Crippen LogP) is -2.32. The summed E-state index contributed by atoms with van der Waals surface area (Å²) in [6, 6.07) is 1.99. The first-order valence-electron chi connectivity index (χ1n) is 12.1. The summed E-state index contributed by atoms with van der Waals surface area (Å²) in [5.74, 6) is -0.441. The Hall–Kier alpha value is -1.85. The van der Waals surface area contributed by atoms with E-state index in [0.717, 1.165) is 44.9 Å². The molecule has 12 heteroatoms. The summed E-state index contributed by atoms with van der Waals surface area (Å²) in [4.78, 5) is 24.3. The van der Waals surface area contributed by atoms with Crippen LogP contribution < -0.4 is 5.32 Å². The molecule has 0 aromatic rings. The summed E-state index contributed by atoms with van der Waals surface area (Å²) in [6.07, 6.45) is 0.0331. The number of carboxylic acids is 1. The Balaban J connectivity index is 0.000000228. The SMILES string of the molecule is N#C[C@@H]1CCCN1C(=O)CNC12CC3CC(CC(O)(C3)C1)C2.O=C(O)C(O)C(O)C(O)C(O)CO. The first kappa shape index (κ1) is 27.7. The Labute approximate surface area is 203 Å². The van der Waals surface area contributed by atoms with Crippen molar-refractivity contribution in [2.75, 3.05) is 19.7 Å².